The second-order valence-corrected chi connectivity index (χ2v) is 5.08. The van der Waals surface area contributed by atoms with Gasteiger partial charge in [0, 0.05) is 18.4 Å². The summed E-state index contributed by atoms with van der Waals surface area (Å²) in [6, 6.07) is 6.94. The Morgan fingerprint density at radius 2 is 1.72 bits per heavy atom. The van der Waals surface area contributed by atoms with Gasteiger partial charge in [0.15, 0.2) is 0 Å². The Balaban J connectivity index is 1.88. The molecule has 94 valence electrons. The number of aromatic nitrogens is 2. The van der Waals surface area contributed by atoms with Gasteiger partial charge in [-0.05, 0) is 50.6 Å². The summed E-state index contributed by atoms with van der Waals surface area (Å²) in [5, 5.41) is 0. The van der Waals surface area contributed by atoms with Gasteiger partial charge in [-0.3, -0.25) is 14.9 Å². The molecule has 0 amide bonds. The van der Waals surface area contributed by atoms with Gasteiger partial charge in [0.2, 0.25) is 0 Å². The molecule has 1 fully saturated rings. The molecule has 1 unspecified atom stereocenters. The Bertz CT molecular complexity index is 532. The lowest BCUT2D eigenvalue weighted by atomic mass is 10.0. The molecule has 1 aliphatic heterocycles. The normalized spacial score (nSPS) is 18.9. The molecule has 3 rings (SSSR count). The van der Waals surface area contributed by atoms with E-state index in [0.29, 0.717) is 6.04 Å². The van der Waals surface area contributed by atoms with Gasteiger partial charge in [-0.25, -0.2) is 0 Å². The maximum atomic E-state index is 4.39. The van der Waals surface area contributed by atoms with Crippen LogP contribution in [-0.2, 0) is 0 Å². The minimum atomic E-state index is 0.483. The van der Waals surface area contributed by atoms with Gasteiger partial charge in [0.1, 0.15) is 0 Å². The van der Waals surface area contributed by atoms with Gasteiger partial charge >= 0.3 is 0 Å². The molecule has 3 heteroatoms. The van der Waals surface area contributed by atoms with Crippen LogP contribution in [0.2, 0.25) is 0 Å². The SMILES string of the molecule is CC(c1ccc2nccnc2c1)N1CCCCC1. The van der Waals surface area contributed by atoms with Gasteiger partial charge < -0.3 is 0 Å². The third-order valence-electron chi connectivity index (χ3n) is 3.91. The highest BCUT2D eigenvalue weighted by atomic mass is 15.2. The Labute approximate surface area is 108 Å². The van der Waals surface area contributed by atoms with E-state index in [2.05, 4.69) is 40.0 Å². The fourth-order valence-electron chi connectivity index (χ4n) is 2.76. The molecule has 0 radical (unpaired) electrons. The van der Waals surface area contributed by atoms with Gasteiger partial charge in [0.05, 0.1) is 11.0 Å². The third kappa shape index (κ3) is 2.23. The first-order valence-corrected chi connectivity index (χ1v) is 6.79. The quantitative estimate of drug-likeness (QED) is 0.808. The molecular weight excluding hydrogens is 222 g/mol. The number of piperidine rings is 1. The van der Waals surface area contributed by atoms with Crippen molar-refractivity contribution < 1.29 is 0 Å². The number of fused-ring (bicyclic) bond motifs is 1. The maximum Gasteiger partial charge on any atom is 0.0890 e. The van der Waals surface area contributed by atoms with Crippen molar-refractivity contribution in [3.8, 4) is 0 Å². The van der Waals surface area contributed by atoms with E-state index in [0.717, 1.165) is 11.0 Å². The second-order valence-electron chi connectivity index (χ2n) is 5.08. The lowest BCUT2D eigenvalue weighted by molar-refractivity contribution is 0.175. The van der Waals surface area contributed by atoms with Crippen LogP contribution in [0, 0.1) is 0 Å². The molecule has 1 aromatic heterocycles. The van der Waals surface area contributed by atoms with Gasteiger partial charge in [-0.15, -0.1) is 0 Å². The van der Waals surface area contributed by atoms with E-state index in [1.807, 2.05) is 0 Å². The van der Waals surface area contributed by atoms with Crippen LogP contribution in [0.3, 0.4) is 0 Å². The van der Waals surface area contributed by atoms with E-state index in [-0.39, 0.29) is 0 Å². The van der Waals surface area contributed by atoms with E-state index in [9.17, 15) is 0 Å². The average Bonchev–Trinajstić information content (AvgIpc) is 2.47. The average molecular weight is 241 g/mol. The first-order valence-electron chi connectivity index (χ1n) is 6.79. The molecule has 2 aromatic rings. The predicted octanol–water partition coefficient (Wildman–Crippen LogP) is 3.18. The van der Waals surface area contributed by atoms with Crippen LogP contribution in [0.4, 0.5) is 0 Å². The third-order valence-corrected chi connectivity index (χ3v) is 3.91. The topological polar surface area (TPSA) is 29.0 Å². The summed E-state index contributed by atoms with van der Waals surface area (Å²) in [6.07, 6.45) is 7.55. The highest BCUT2D eigenvalue weighted by molar-refractivity contribution is 5.74. The first kappa shape index (κ1) is 11.6. The summed E-state index contributed by atoms with van der Waals surface area (Å²) in [5.41, 5.74) is 3.33. The molecule has 0 bridgehead atoms. The fraction of sp³-hybridized carbons (Fsp3) is 0.467. The van der Waals surface area contributed by atoms with E-state index in [1.54, 1.807) is 12.4 Å². The smallest absolute Gasteiger partial charge is 0.0890 e. The van der Waals surface area contributed by atoms with Crippen LogP contribution in [0.25, 0.3) is 11.0 Å². The highest BCUT2D eigenvalue weighted by Crippen LogP contribution is 2.25. The Morgan fingerprint density at radius 1 is 1.00 bits per heavy atom. The molecule has 1 aromatic carbocycles. The lowest BCUT2D eigenvalue weighted by Crippen LogP contribution is -2.32. The van der Waals surface area contributed by atoms with Gasteiger partial charge in [-0.1, -0.05) is 12.5 Å². The molecule has 0 aliphatic carbocycles. The zero-order valence-corrected chi connectivity index (χ0v) is 10.8. The van der Waals surface area contributed by atoms with Crippen LogP contribution in [0.1, 0.15) is 37.8 Å². The zero-order chi connectivity index (χ0) is 12.4. The summed E-state index contributed by atoms with van der Waals surface area (Å²) in [4.78, 5) is 11.3. The molecular formula is C15H19N3. The number of nitrogens with zero attached hydrogens (tertiary/aromatic N) is 3. The van der Waals surface area contributed by atoms with Gasteiger partial charge in [-0.2, -0.15) is 0 Å². The molecule has 18 heavy (non-hydrogen) atoms. The summed E-state index contributed by atoms with van der Waals surface area (Å²) < 4.78 is 0. The van der Waals surface area contributed by atoms with Crippen molar-refractivity contribution in [3.05, 3.63) is 36.2 Å². The largest absolute Gasteiger partial charge is 0.297 e. The highest BCUT2D eigenvalue weighted by Gasteiger charge is 2.18. The van der Waals surface area contributed by atoms with Crippen molar-refractivity contribution in [2.24, 2.45) is 0 Å². The summed E-state index contributed by atoms with van der Waals surface area (Å²) in [7, 11) is 0. The van der Waals surface area contributed by atoms with Crippen molar-refractivity contribution in [2.45, 2.75) is 32.2 Å². The number of rotatable bonds is 2. The van der Waals surface area contributed by atoms with Crippen LogP contribution in [0.15, 0.2) is 30.6 Å². The number of likely N-dealkylation sites (tertiary alicyclic amines) is 1. The molecule has 0 N–H and O–H groups in total. The molecule has 3 nitrogen and oxygen atoms in total. The van der Waals surface area contributed by atoms with Crippen molar-refractivity contribution in [1.82, 2.24) is 14.9 Å². The van der Waals surface area contributed by atoms with Gasteiger partial charge in [0.25, 0.3) is 0 Å². The molecule has 1 atom stereocenters. The van der Waals surface area contributed by atoms with Crippen molar-refractivity contribution in [2.75, 3.05) is 13.1 Å². The van der Waals surface area contributed by atoms with E-state index >= 15 is 0 Å². The van der Waals surface area contributed by atoms with E-state index in [1.165, 1.54) is 37.9 Å². The molecule has 0 saturated carbocycles. The van der Waals surface area contributed by atoms with Crippen LogP contribution in [0.5, 0.6) is 0 Å². The summed E-state index contributed by atoms with van der Waals surface area (Å²) in [5.74, 6) is 0. The van der Waals surface area contributed by atoms with Crippen molar-refractivity contribution in [3.63, 3.8) is 0 Å². The zero-order valence-electron chi connectivity index (χ0n) is 10.8. The summed E-state index contributed by atoms with van der Waals surface area (Å²) >= 11 is 0. The monoisotopic (exact) mass is 241 g/mol. The van der Waals surface area contributed by atoms with E-state index in [4.69, 9.17) is 0 Å². The first-order chi connectivity index (χ1) is 8.84. The fourth-order valence-corrected chi connectivity index (χ4v) is 2.76. The maximum absolute atomic E-state index is 4.39. The number of hydrogen-bond donors (Lipinski definition) is 0. The van der Waals surface area contributed by atoms with Crippen LogP contribution in [-0.4, -0.2) is 28.0 Å². The standard InChI is InChI=1S/C15H19N3/c1-12(18-9-3-2-4-10-18)13-5-6-14-15(11-13)17-8-7-16-14/h5-8,11-12H,2-4,9-10H2,1H3. The molecule has 0 spiro atoms. The Hall–Kier alpha value is -1.48. The van der Waals surface area contributed by atoms with E-state index < -0.39 is 0 Å². The predicted molar refractivity (Wildman–Crippen MR) is 73.4 cm³/mol. The molecule has 1 saturated heterocycles. The van der Waals surface area contributed by atoms with Crippen LogP contribution >= 0.6 is 0 Å². The van der Waals surface area contributed by atoms with Crippen molar-refractivity contribution in [1.29, 1.82) is 0 Å². The Morgan fingerprint density at radius 3 is 2.50 bits per heavy atom. The molecule has 1 aliphatic rings. The number of benzene rings is 1. The molecule has 2 heterocycles. The van der Waals surface area contributed by atoms with Crippen molar-refractivity contribution >= 4 is 11.0 Å². The lowest BCUT2D eigenvalue weighted by Gasteiger charge is -2.32. The minimum Gasteiger partial charge on any atom is -0.297 e. The minimum absolute atomic E-state index is 0.483. The Kier molecular flexibility index (Phi) is 3.24. The summed E-state index contributed by atoms with van der Waals surface area (Å²) in [6.45, 7) is 4.74. The number of hydrogen-bond acceptors (Lipinski definition) is 3. The van der Waals surface area contributed by atoms with Crippen LogP contribution < -0.4 is 0 Å². The second kappa shape index (κ2) is 5.02.